The number of rotatable bonds is 2. The maximum atomic E-state index is 3.49. The molecule has 110 valence electrons. The fraction of sp³-hybridized carbons (Fsp3) is 0. The summed E-state index contributed by atoms with van der Waals surface area (Å²) in [5, 5.41) is 2.55. The lowest BCUT2D eigenvalue weighted by atomic mass is 9.97. The highest BCUT2D eigenvalue weighted by Gasteiger charge is 2.03. The van der Waals surface area contributed by atoms with E-state index in [0.717, 1.165) is 4.47 Å². The molecule has 0 aromatic heterocycles. The molecule has 0 spiro atoms. The van der Waals surface area contributed by atoms with Gasteiger partial charge in [-0.05, 0) is 57.3 Å². The van der Waals surface area contributed by atoms with E-state index in [1.807, 2.05) is 0 Å². The molecule has 0 N–H and O–H groups in total. The molecule has 0 saturated heterocycles. The Morgan fingerprint density at radius 1 is 0.435 bits per heavy atom. The fourth-order valence-corrected chi connectivity index (χ4v) is 3.15. The van der Waals surface area contributed by atoms with Gasteiger partial charge in [-0.25, -0.2) is 0 Å². The summed E-state index contributed by atoms with van der Waals surface area (Å²) in [7, 11) is 0. The zero-order valence-corrected chi connectivity index (χ0v) is 14.1. The molecule has 0 radical (unpaired) electrons. The van der Waals surface area contributed by atoms with Crippen LogP contribution in [0.3, 0.4) is 0 Å². The highest BCUT2D eigenvalue weighted by Crippen LogP contribution is 2.29. The van der Waals surface area contributed by atoms with Crippen molar-refractivity contribution in [2.24, 2.45) is 0 Å². The Hall–Kier alpha value is -2.38. The van der Waals surface area contributed by atoms with Gasteiger partial charge in [-0.2, -0.15) is 0 Å². The molecule has 0 saturated carbocycles. The van der Waals surface area contributed by atoms with E-state index in [4.69, 9.17) is 0 Å². The Bertz CT molecular complexity index is 968. The lowest BCUT2D eigenvalue weighted by Gasteiger charge is -2.08. The molecule has 0 nitrogen and oxygen atoms in total. The quantitative estimate of drug-likeness (QED) is 0.364. The minimum absolute atomic E-state index is 1.10. The highest BCUT2D eigenvalue weighted by molar-refractivity contribution is 9.10. The van der Waals surface area contributed by atoms with Crippen LogP contribution in [0, 0.1) is 0 Å². The summed E-state index contributed by atoms with van der Waals surface area (Å²) >= 11 is 3.49. The minimum atomic E-state index is 1.10. The van der Waals surface area contributed by atoms with Crippen molar-refractivity contribution < 1.29 is 0 Å². The van der Waals surface area contributed by atoms with Crippen molar-refractivity contribution in [3.8, 4) is 22.3 Å². The largest absolute Gasteiger partial charge is 0.0616 e. The Morgan fingerprint density at radius 3 is 1.83 bits per heavy atom. The average Bonchev–Trinajstić information content (AvgIpc) is 2.62. The third kappa shape index (κ3) is 2.93. The molecule has 0 bridgehead atoms. The predicted octanol–water partition coefficient (Wildman–Crippen LogP) is 6.94. The highest BCUT2D eigenvalue weighted by atomic mass is 79.9. The van der Waals surface area contributed by atoms with Crippen LogP contribution in [0.2, 0.25) is 0 Å². The van der Waals surface area contributed by atoms with E-state index in [2.05, 4.69) is 107 Å². The van der Waals surface area contributed by atoms with Crippen LogP contribution in [0.15, 0.2) is 95.5 Å². The average molecular weight is 359 g/mol. The molecule has 4 aromatic rings. The second-order valence-electron chi connectivity index (χ2n) is 5.65. The monoisotopic (exact) mass is 358 g/mol. The molecule has 0 aliphatic carbocycles. The summed E-state index contributed by atoms with van der Waals surface area (Å²) in [4.78, 5) is 0. The van der Waals surface area contributed by atoms with Crippen molar-refractivity contribution in [2.75, 3.05) is 0 Å². The van der Waals surface area contributed by atoms with Gasteiger partial charge in [0.25, 0.3) is 0 Å². The van der Waals surface area contributed by atoms with Gasteiger partial charge in [-0.3, -0.25) is 0 Å². The van der Waals surface area contributed by atoms with Crippen molar-refractivity contribution in [3.63, 3.8) is 0 Å². The molecule has 0 aliphatic heterocycles. The number of benzene rings is 4. The molecule has 1 heteroatoms. The summed E-state index contributed by atoms with van der Waals surface area (Å²) < 4.78 is 1.10. The standard InChI is InChI=1S/C22H15Br/c23-22-12-10-17(11-13-22)19-6-3-7-20(14-19)21-9-8-16-4-1-2-5-18(16)15-21/h1-15H. The van der Waals surface area contributed by atoms with Gasteiger partial charge in [0.05, 0.1) is 0 Å². The maximum Gasteiger partial charge on any atom is 0.0175 e. The van der Waals surface area contributed by atoms with Gasteiger partial charge < -0.3 is 0 Å². The molecule has 4 rings (SSSR count). The third-order valence-electron chi connectivity index (χ3n) is 4.12. The number of halogens is 1. The van der Waals surface area contributed by atoms with Crippen LogP contribution >= 0.6 is 15.9 Å². The zero-order chi connectivity index (χ0) is 15.6. The van der Waals surface area contributed by atoms with Crippen molar-refractivity contribution >= 4 is 26.7 Å². The van der Waals surface area contributed by atoms with Crippen molar-refractivity contribution in [3.05, 3.63) is 95.5 Å². The predicted molar refractivity (Wildman–Crippen MR) is 103 cm³/mol. The smallest absolute Gasteiger partial charge is 0.0175 e. The Morgan fingerprint density at radius 2 is 1.04 bits per heavy atom. The first kappa shape index (κ1) is 14.2. The van der Waals surface area contributed by atoms with Gasteiger partial charge in [0.1, 0.15) is 0 Å². The second-order valence-corrected chi connectivity index (χ2v) is 6.57. The van der Waals surface area contributed by atoms with E-state index in [-0.39, 0.29) is 0 Å². The Balaban J connectivity index is 1.79. The zero-order valence-electron chi connectivity index (χ0n) is 12.5. The van der Waals surface area contributed by atoms with Crippen LogP contribution < -0.4 is 0 Å². The molecule has 0 atom stereocenters. The summed E-state index contributed by atoms with van der Waals surface area (Å²) in [6, 6.07) is 32.3. The van der Waals surface area contributed by atoms with Gasteiger partial charge in [0.15, 0.2) is 0 Å². The van der Waals surface area contributed by atoms with Crippen molar-refractivity contribution in [1.82, 2.24) is 0 Å². The van der Waals surface area contributed by atoms with Crippen LogP contribution in [0.1, 0.15) is 0 Å². The molecule has 23 heavy (non-hydrogen) atoms. The minimum Gasteiger partial charge on any atom is -0.0616 e. The second kappa shape index (κ2) is 6.02. The molecule has 0 heterocycles. The van der Waals surface area contributed by atoms with Crippen molar-refractivity contribution in [2.45, 2.75) is 0 Å². The van der Waals surface area contributed by atoms with Gasteiger partial charge in [-0.1, -0.05) is 82.7 Å². The van der Waals surface area contributed by atoms with E-state index < -0.39 is 0 Å². The topological polar surface area (TPSA) is 0 Å². The Kier molecular flexibility index (Phi) is 3.72. The maximum absolute atomic E-state index is 3.49. The normalized spacial score (nSPS) is 10.8. The van der Waals surface area contributed by atoms with E-state index in [1.165, 1.54) is 33.0 Å². The molecular weight excluding hydrogens is 344 g/mol. The first-order chi connectivity index (χ1) is 11.3. The Labute approximate surface area is 144 Å². The van der Waals surface area contributed by atoms with E-state index in [9.17, 15) is 0 Å². The summed E-state index contributed by atoms with van der Waals surface area (Å²) in [6.07, 6.45) is 0. The molecular formula is C22H15Br. The van der Waals surface area contributed by atoms with Gasteiger partial charge in [0, 0.05) is 4.47 Å². The molecule has 0 fully saturated rings. The number of hydrogen-bond acceptors (Lipinski definition) is 0. The first-order valence-electron chi connectivity index (χ1n) is 7.65. The van der Waals surface area contributed by atoms with Crippen LogP contribution in [-0.2, 0) is 0 Å². The summed E-state index contributed by atoms with van der Waals surface area (Å²) in [5.41, 5.74) is 4.97. The summed E-state index contributed by atoms with van der Waals surface area (Å²) in [6.45, 7) is 0. The van der Waals surface area contributed by atoms with Crippen molar-refractivity contribution in [1.29, 1.82) is 0 Å². The van der Waals surface area contributed by atoms with E-state index in [0.29, 0.717) is 0 Å². The van der Waals surface area contributed by atoms with Crippen LogP contribution in [0.4, 0.5) is 0 Å². The lowest BCUT2D eigenvalue weighted by molar-refractivity contribution is 1.58. The van der Waals surface area contributed by atoms with Gasteiger partial charge >= 0.3 is 0 Å². The summed E-state index contributed by atoms with van der Waals surface area (Å²) in [5.74, 6) is 0. The van der Waals surface area contributed by atoms with Gasteiger partial charge in [-0.15, -0.1) is 0 Å². The molecule has 0 aliphatic rings. The lowest BCUT2D eigenvalue weighted by Crippen LogP contribution is -1.82. The van der Waals surface area contributed by atoms with E-state index in [1.54, 1.807) is 0 Å². The van der Waals surface area contributed by atoms with Crippen LogP contribution in [0.25, 0.3) is 33.0 Å². The third-order valence-corrected chi connectivity index (χ3v) is 4.65. The molecule has 4 aromatic carbocycles. The van der Waals surface area contributed by atoms with Crippen LogP contribution in [0.5, 0.6) is 0 Å². The number of fused-ring (bicyclic) bond motifs is 1. The van der Waals surface area contributed by atoms with E-state index >= 15 is 0 Å². The first-order valence-corrected chi connectivity index (χ1v) is 8.44. The van der Waals surface area contributed by atoms with Crippen LogP contribution in [-0.4, -0.2) is 0 Å². The SMILES string of the molecule is Brc1ccc(-c2cccc(-c3ccc4ccccc4c3)c2)cc1. The van der Waals surface area contributed by atoms with Gasteiger partial charge in [0.2, 0.25) is 0 Å². The molecule has 0 amide bonds. The molecule has 0 unspecified atom stereocenters. The number of hydrogen-bond donors (Lipinski definition) is 0. The fourth-order valence-electron chi connectivity index (χ4n) is 2.89.